The van der Waals surface area contributed by atoms with Gasteiger partial charge in [0.05, 0.1) is 6.07 Å². The summed E-state index contributed by atoms with van der Waals surface area (Å²) >= 11 is 0. The number of hydrogen-bond acceptors (Lipinski definition) is 4. The third kappa shape index (κ3) is 6.74. The molecule has 0 radical (unpaired) electrons. The standard InChI is InChI=1S/C25H38N4O/c1-2-22-7-3-4-8-24(22)29-19-17-28(18-20-29)16-14-21-10-12-23(13-11-21)27-25(30)9-5-6-15-26/h3-4,7-8,21,23H,2,5-6,9-14,16-20H2,1H3,(H,27,30)/t21-,23-. The summed E-state index contributed by atoms with van der Waals surface area (Å²) in [6, 6.07) is 11.3. The van der Waals surface area contributed by atoms with Crippen molar-refractivity contribution in [3.63, 3.8) is 0 Å². The molecule has 5 heteroatoms. The summed E-state index contributed by atoms with van der Waals surface area (Å²) in [4.78, 5) is 17.1. The summed E-state index contributed by atoms with van der Waals surface area (Å²) in [7, 11) is 0. The highest BCUT2D eigenvalue weighted by Crippen LogP contribution is 2.28. The molecule has 0 atom stereocenters. The van der Waals surface area contributed by atoms with Gasteiger partial charge in [-0.1, -0.05) is 25.1 Å². The van der Waals surface area contributed by atoms with Crippen molar-refractivity contribution in [2.24, 2.45) is 5.92 Å². The fraction of sp³-hybridized carbons (Fsp3) is 0.680. The molecule has 1 saturated heterocycles. The van der Waals surface area contributed by atoms with Crippen LogP contribution in [0.5, 0.6) is 0 Å². The quantitative estimate of drug-likeness (QED) is 0.622. The number of nitrogens with zero attached hydrogens (tertiary/aromatic N) is 3. The number of benzene rings is 1. The number of piperazine rings is 1. The average molecular weight is 411 g/mol. The largest absolute Gasteiger partial charge is 0.369 e. The molecule has 2 fully saturated rings. The number of anilines is 1. The van der Waals surface area contributed by atoms with Gasteiger partial charge in [0.15, 0.2) is 0 Å². The van der Waals surface area contributed by atoms with Crippen molar-refractivity contribution in [2.45, 2.75) is 70.8 Å². The van der Waals surface area contributed by atoms with Gasteiger partial charge in [0.25, 0.3) is 0 Å². The van der Waals surface area contributed by atoms with Crippen LogP contribution in [0.4, 0.5) is 5.69 Å². The van der Waals surface area contributed by atoms with E-state index in [2.05, 4.69) is 52.4 Å². The summed E-state index contributed by atoms with van der Waals surface area (Å²) in [5.41, 5.74) is 2.88. The van der Waals surface area contributed by atoms with Gasteiger partial charge in [-0.05, 0) is 69.0 Å². The highest BCUT2D eigenvalue weighted by atomic mass is 16.1. The van der Waals surface area contributed by atoms with E-state index in [9.17, 15) is 4.79 Å². The van der Waals surface area contributed by atoms with Crippen LogP contribution < -0.4 is 10.2 Å². The van der Waals surface area contributed by atoms with Gasteiger partial charge >= 0.3 is 0 Å². The van der Waals surface area contributed by atoms with Gasteiger partial charge in [0.1, 0.15) is 0 Å². The summed E-state index contributed by atoms with van der Waals surface area (Å²) in [5.74, 6) is 0.923. The van der Waals surface area contributed by atoms with Crippen LogP contribution >= 0.6 is 0 Å². The molecule has 1 heterocycles. The minimum atomic E-state index is 0.121. The van der Waals surface area contributed by atoms with Crippen molar-refractivity contribution >= 4 is 11.6 Å². The van der Waals surface area contributed by atoms with Crippen molar-refractivity contribution in [1.82, 2.24) is 10.2 Å². The van der Waals surface area contributed by atoms with Crippen molar-refractivity contribution in [3.05, 3.63) is 29.8 Å². The Morgan fingerprint density at radius 3 is 2.57 bits per heavy atom. The molecule has 30 heavy (non-hydrogen) atoms. The molecule has 0 aromatic heterocycles. The first-order chi connectivity index (χ1) is 14.7. The Bertz CT molecular complexity index is 697. The Morgan fingerprint density at radius 1 is 1.13 bits per heavy atom. The summed E-state index contributed by atoms with van der Waals surface area (Å²) in [5, 5.41) is 11.7. The Balaban J connectivity index is 1.31. The first-order valence-electron chi connectivity index (χ1n) is 11.9. The average Bonchev–Trinajstić information content (AvgIpc) is 2.79. The van der Waals surface area contributed by atoms with Crippen molar-refractivity contribution < 1.29 is 4.79 Å². The molecule has 1 amide bonds. The molecule has 2 aliphatic rings. The number of hydrogen-bond donors (Lipinski definition) is 1. The predicted octanol–water partition coefficient (Wildman–Crippen LogP) is 4.13. The Labute approximate surface area is 182 Å². The third-order valence-corrected chi connectivity index (χ3v) is 6.84. The topological polar surface area (TPSA) is 59.4 Å². The molecule has 164 valence electrons. The van der Waals surface area contributed by atoms with Gasteiger partial charge in [-0.2, -0.15) is 5.26 Å². The van der Waals surface area contributed by atoms with Crippen LogP contribution in [0.25, 0.3) is 0 Å². The first kappa shape index (κ1) is 22.6. The molecule has 1 aromatic carbocycles. The monoisotopic (exact) mass is 410 g/mol. The van der Waals surface area contributed by atoms with Gasteiger partial charge in [0.2, 0.25) is 5.91 Å². The van der Waals surface area contributed by atoms with Gasteiger partial charge in [-0.3, -0.25) is 9.69 Å². The molecule has 5 nitrogen and oxygen atoms in total. The molecular weight excluding hydrogens is 372 g/mol. The minimum absolute atomic E-state index is 0.121. The van der Waals surface area contributed by atoms with Crippen molar-refractivity contribution in [2.75, 3.05) is 37.6 Å². The van der Waals surface area contributed by atoms with Crippen LogP contribution in [-0.4, -0.2) is 49.6 Å². The summed E-state index contributed by atoms with van der Waals surface area (Å²) in [6.07, 6.45) is 8.69. The van der Waals surface area contributed by atoms with E-state index in [4.69, 9.17) is 5.26 Å². The van der Waals surface area contributed by atoms with Gasteiger partial charge in [-0.25, -0.2) is 0 Å². The smallest absolute Gasteiger partial charge is 0.220 e. The number of unbranched alkanes of at least 4 members (excludes halogenated alkanes) is 1. The van der Waals surface area contributed by atoms with Crippen LogP contribution in [0.2, 0.25) is 0 Å². The third-order valence-electron chi connectivity index (χ3n) is 6.84. The fourth-order valence-electron chi connectivity index (χ4n) is 4.92. The molecule has 1 aliphatic heterocycles. The zero-order chi connectivity index (χ0) is 21.2. The van der Waals surface area contributed by atoms with E-state index in [1.807, 2.05) is 0 Å². The molecule has 0 bridgehead atoms. The molecule has 0 spiro atoms. The van der Waals surface area contributed by atoms with Gasteiger partial charge in [0, 0.05) is 50.7 Å². The first-order valence-corrected chi connectivity index (χ1v) is 11.9. The maximum absolute atomic E-state index is 11.9. The fourth-order valence-corrected chi connectivity index (χ4v) is 4.92. The van der Waals surface area contributed by atoms with E-state index in [1.54, 1.807) is 0 Å². The number of carbonyl (C=O) groups excluding carboxylic acids is 1. The van der Waals surface area contributed by atoms with Crippen molar-refractivity contribution in [1.29, 1.82) is 5.26 Å². The van der Waals surface area contributed by atoms with E-state index in [1.165, 1.54) is 37.1 Å². The maximum atomic E-state index is 11.9. The van der Waals surface area contributed by atoms with Crippen LogP contribution in [0.1, 0.15) is 63.9 Å². The second kappa shape index (κ2) is 12.0. The lowest BCUT2D eigenvalue weighted by Crippen LogP contribution is -2.47. The zero-order valence-corrected chi connectivity index (χ0v) is 18.6. The SMILES string of the molecule is CCc1ccccc1N1CCN(CC[C@H]2CC[C@H](NC(=O)CCCC#N)CC2)CC1. The predicted molar refractivity (Wildman–Crippen MR) is 122 cm³/mol. The van der Waals surface area contributed by atoms with Crippen LogP contribution in [0.3, 0.4) is 0 Å². The minimum Gasteiger partial charge on any atom is -0.369 e. The van der Waals surface area contributed by atoms with Crippen LogP contribution in [-0.2, 0) is 11.2 Å². The number of nitriles is 1. The summed E-state index contributed by atoms with van der Waals surface area (Å²) < 4.78 is 0. The molecule has 1 aromatic rings. The molecule has 1 saturated carbocycles. The van der Waals surface area contributed by atoms with E-state index in [-0.39, 0.29) is 5.91 Å². The highest BCUT2D eigenvalue weighted by molar-refractivity contribution is 5.76. The molecule has 3 rings (SSSR count). The lowest BCUT2D eigenvalue weighted by molar-refractivity contribution is -0.122. The molecular formula is C25H38N4O. The second-order valence-electron chi connectivity index (χ2n) is 8.90. The molecule has 1 N–H and O–H groups in total. The van der Waals surface area contributed by atoms with Crippen LogP contribution in [0, 0.1) is 17.2 Å². The van der Waals surface area contributed by atoms with E-state index < -0.39 is 0 Å². The van der Waals surface area contributed by atoms with Gasteiger partial charge in [-0.15, -0.1) is 0 Å². The maximum Gasteiger partial charge on any atom is 0.220 e. The Kier molecular flexibility index (Phi) is 9.01. The number of para-hydroxylation sites is 1. The normalized spacial score (nSPS) is 22.5. The molecule has 1 aliphatic carbocycles. The number of nitrogens with one attached hydrogen (secondary N) is 1. The molecule has 0 unspecified atom stereocenters. The zero-order valence-electron chi connectivity index (χ0n) is 18.6. The number of rotatable bonds is 9. The lowest BCUT2D eigenvalue weighted by atomic mass is 9.84. The van der Waals surface area contributed by atoms with E-state index in [0.717, 1.165) is 51.4 Å². The van der Waals surface area contributed by atoms with Crippen LogP contribution in [0.15, 0.2) is 24.3 Å². The van der Waals surface area contributed by atoms with Crippen molar-refractivity contribution in [3.8, 4) is 6.07 Å². The summed E-state index contributed by atoms with van der Waals surface area (Å²) in [6.45, 7) is 8.02. The van der Waals surface area contributed by atoms with Gasteiger partial charge < -0.3 is 10.2 Å². The Morgan fingerprint density at radius 2 is 1.87 bits per heavy atom. The number of amides is 1. The van der Waals surface area contributed by atoms with E-state index >= 15 is 0 Å². The second-order valence-corrected chi connectivity index (χ2v) is 8.90. The number of carbonyl (C=O) groups is 1. The van der Waals surface area contributed by atoms with E-state index in [0.29, 0.717) is 25.3 Å². The number of aryl methyl sites for hydroxylation is 1. The highest BCUT2D eigenvalue weighted by Gasteiger charge is 2.24. The Hall–Kier alpha value is -2.06. The lowest BCUT2D eigenvalue weighted by Gasteiger charge is -2.38.